The third kappa shape index (κ3) is 6.68. The minimum atomic E-state index is -5.06. The van der Waals surface area contributed by atoms with Gasteiger partial charge < -0.3 is 10.0 Å². The standard InChI is InChI=1S/C24H17F10NO/c25-20-11-18(23(29,30)31)8-7-16(20)12-35(13-21(36)24(32,33)34)19-6-2-4-15(10-19)14-3-1-5-17(9-14)22(26,27)28/h1-11,21,36H,12-13H2/t21-/m1/s1. The summed E-state index contributed by atoms with van der Waals surface area (Å²) < 4.78 is 131. The second-order valence-electron chi connectivity index (χ2n) is 7.87. The molecule has 0 aliphatic rings. The third-order valence-corrected chi connectivity index (χ3v) is 5.25. The smallest absolute Gasteiger partial charge is 0.382 e. The summed E-state index contributed by atoms with van der Waals surface area (Å²) in [5, 5.41) is 9.59. The molecule has 36 heavy (non-hydrogen) atoms. The van der Waals surface area contributed by atoms with Gasteiger partial charge in [0, 0.05) is 17.8 Å². The number of aliphatic hydroxyl groups excluding tert-OH is 1. The first-order chi connectivity index (χ1) is 16.6. The molecule has 0 heterocycles. The van der Waals surface area contributed by atoms with Crippen molar-refractivity contribution >= 4 is 5.69 Å². The van der Waals surface area contributed by atoms with Gasteiger partial charge in [-0.15, -0.1) is 0 Å². The molecule has 12 heteroatoms. The van der Waals surface area contributed by atoms with Gasteiger partial charge in [-0.3, -0.25) is 0 Å². The number of rotatable bonds is 6. The van der Waals surface area contributed by atoms with E-state index >= 15 is 0 Å². The highest BCUT2D eigenvalue weighted by Gasteiger charge is 2.39. The minimum absolute atomic E-state index is 0.0347. The van der Waals surface area contributed by atoms with E-state index in [4.69, 9.17) is 0 Å². The molecule has 0 fully saturated rings. The number of nitrogens with zero attached hydrogens (tertiary/aromatic N) is 1. The molecular weight excluding hydrogens is 508 g/mol. The van der Waals surface area contributed by atoms with Gasteiger partial charge in [-0.05, 0) is 47.5 Å². The summed E-state index contributed by atoms with van der Waals surface area (Å²) in [5.74, 6) is -1.33. The van der Waals surface area contributed by atoms with Crippen LogP contribution in [-0.2, 0) is 18.9 Å². The van der Waals surface area contributed by atoms with Crippen molar-refractivity contribution in [3.05, 3.63) is 89.2 Å². The maximum atomic E-state index is 14.4. The second-order valence-corrected chi connectivity index (χ2v) is 7.87. The van der Waals surface area contributed by atoms with E-state index in [1.807, 2.05) is 0 Å². The molecule has 2 nitrogen and oxygen atoms in total. The van der Waals surface area contributed by atoms with E-state index in [2.05, 4.69) is 0 Å². The van der Waals surface area contributed by atoms with Crippen LogP contribution in [0.25, 0.3) is 11.1 Å². The SMILES string of the molecule is O[C@H](CN(Cc1ccc(C(F)(F)F)cc1F)c1cccc(-c2cccc(C(F)(F)F)c2)c1)C(F)(F)F. The summed E-state index contributed by atoms with van der Waals surface area (Å²) in [6.07, 6.45) is -17.4. The number of benzene rings is 3. The first-order valence-electron chi connectivity index (χ1n) is 10.2. The van der Waals surface area contributed by atoms with Crippen molar-refractivity contribution in [2.45, 2.75) is 31.2 Å². The maximum absolute atomic E-state index is 14.4. The van der Waals surface area contributed by atoms with Crippen LogP contribution in [0.1, 0.15) is 16.7 Å². The Hall–Kier alpha value is -3.28. The largest absolute Gasteiger partial charge is 0.416 e. The maximum Gasteiger partial charge on any atom is 0.416 e. The monoisotopic (exact) mass is 525 g/mol. The van der Waals surface area contributed by atoms with Gasteiger partial charge in [0.1, 0.15) is 5.82 Å². The van der Waals surface area contributed by atoms with E-state index in [9.17, 15) is 49.0 Å². The van der Waals surface area contributed by atoms with E-state index in [-0.39, 0.29) is 28.4 Å². The van der Waals surface area contributed by atoms with Gasteiger partial charge in [-0.2, -0.15) is 39.5 Å². The van der Waals surface area contributed by atoms with Crippen LogP contribution in [0, 0.1) is 5.82 Å². The molecule has 0 saturated heterocycles. The van der Waals surface area contributed by atoms with E-state index in [0.29, 0.717) is 6.07 Å². The van der Waals surface area contributed by atoms with Crippen molar-refractivity contribution in [1.82, 2.24) is 0 Å². The molecule has 3 aromatic carbocycles. The number of aliphatic hydroxyl groups is 1. The Balaban J connectivity index is 2.01. The molecule has 0 unspecified atom stereocenters. The van der Waals surface area contributed by atoms with Gasteiger partial charge in [0.2, 0.25) is 0 Å². The zero-order valence-electron chi connectivity index (χ0n) is 18.0. The number of hydrogen-bond donors (Lipinski definition) is 1. The van der Waals surface area contributed by atoms with Gasteiger partial charge in [0.15, 0.2) is 6.10 Å². The molecule has 1 N–H and O–H groups in total. The van der Waals surface area contributed by atoms with Gasteiger partial charge in [0.05, 0.1) is 17.7 Å². The Kier molecular flexibility index (Phi) is 7.58. The summed E-state index contributed by atoms with van der Waals surface area (Å²) in [5.41, 5.74) is -2.41. The topological polar surface area (TPSA) is 23.5 Å². The highest BCUT2D eigenvalue weighted by Crippen LogP contribution is 2.34. The van der Waals surface area contributed by atoms with E-state index < -0.39 is 54.7 Å². The Morgan fingerprint density at radius 2 is 1.25 bits per heavy atom. The minimum Gasteiger partial charge on any atom is -0.382 e. The highest BCUT2D eigenvalue weighted by atomic mass is 19.4. The van der Waals surface area contributed by atoms with Gasteiger partial charge in [-0.1, -0.05) is 30.3 Å². The lowest BCUT2D eigenvalue weighted by Crippen LogP contribution is -2.41. The second kappa shape index (κ2) is 10.00. The molecule has 0 spiro atoms. The Labute approximate surface area is 198 Å². The molecule has 0 radical (unpaired) electrons. The van der Waals surface area contributed by atoms with Crippen LogP contribution in [-0.4, -0.2) is 23.9 Å². The van der Waals surface area contributed by atoms with Crippen molar-refractivity contribution in [1.29, 1.82) is 0 Å². The average Bonchev–Trinajstić information content (AvgIpc) is 2.78. The van der Waals surface area contributed by atoms with Gasteiger partial charge in [-0.25, -0.2) is 4.39 Å². The van der Waals surface area contributed by atoms with Crippen molar-refractivity contribution in [3.8, 4) is 11.1 Å². The quantitative estimate of drug-likeness (QED) is 0.338. The normalized spacial score (nSPS) is 13.5. The number of halogens is 10. The van der Waals surface area contributed by atoms with Crippen molar-refractivity contribution in [2.75, 3.05) is 11.4 Å². The first kappa shape index (κ1) is 27.3. The molecule has 3 rings (SSSR count). The zero-order chi connectivity index (χ0) is 26.9. The predicted molar refractivity (Wildman–Crippen MR) is 111 cm³/mol. The van der Waals surface area contributed by atoms with Crippen molar-refractivity contribution in [2.24, 2.45) is 0 Å². The molecule has 0 aromatic heterocycles. The van der Waals surface area contributed by atoms with Crippen LogP contribution in [0.15, 0.2) is 66.7 Å². The molecule has 194 valence electrons. The van der Waals surface area contributed by atoms with E-state index in [1.165, 1.54) is 30.3 Å². The van der Waals surface area contributed by atoms with Gasteiger partial charge >= 0.3 is 18.5 Å². The summed E-state index contributed by atoms with van der Waals surface area (Å²) in [6.45, 7) is -1.78. The van der Waals surface area contributed by atoms with Crippen LogP contribution < -0.4 is 4.90 Å². The average molecular weight is 525 g/mol. The van der Waals surface area contributed by atoms with Gasteiger partial charge in [0.25, 0.3) is 0 Å². The summed E-state index contributed by atoms with van der Waals surface area (Å²) >= 11 is 0. The van der Waals surface area contributed by atoms with Crippen LogP contribution >= 0.6 is 0 Å². The molecule has 0 aliphatic heterocycles. The van der Waals surface area contributed by atoms with E-state index in [1.54, 1.807) is 0 Å². The third-order valence-electron chi connectivity index (χ3n) is 5.25. The number of anilines is 1. The summed E-state index contributed by atoms with van der Waals surface area (Å²) in [6, 6.07) is 11.0. The molecule has 0 saturated carbocycles. The molecule has 1 atom stereocenters. The fraction of sp³-hybridized carbons (Fsp3) is 0.250. The van der Waals surface area contributed by atoms with Crippen molar-refractivity contribution < 1.29 is 49.0 Å². The lowest BCUT2D eigenvalue weighted by Gasteiger charge is -2.29. The molecule has 3 aromatic rings. The summed E-state index contributed by atoms with van der Waals surface area (Å²) in [4.78, 5) is 0.876. The van der Waals surface area contributed by atoms with Crippen LogP contribution in [0.3, 0.4) is 0 Å². The first-order valence-corrected chi connectivity index (χ1v) is 10.2. The highest BCUT2D eigenvalue weighted by molar-refractivity contribution is 5.69. The number of hydrogen-bond acceptors (Lipinski definition) is 2. The molecule has 0 bridgehead atoms. The van der Waals surface area contributed by atoms with Crippen LogP contribution in [0.2, 0.25) is 0 Å². The Morgan fingerprint density at radius 3 is 1.81 bits per heavy atom. The lowest BCUT2D eigenvalue weighted by molar-refractivity contribution is -0.200. The molecular formula is C24H17F10NO. The van der Waals surface area contributed by atoms with Crippen molar-refractivity contribution in [3.63, 3.8) is 0 Å². The van der Waals surface area contributed by atoms with Crippen LogP contribution in [0.4, 0.5) is 49.6 Å². The molecule has 0 amide bonds. The Morgan fingerprint density at radius 1 is 0.694 bits per heavy atom. The predicted octanol–water partition coefficient (Wildman–Crippen LogP) is 7.46. The number of alkyl halides is 9. The summed E-state index contributed by atoms with van der Waals surface area (Å²) in [7, 11) is 0. The zero-order valence-corrected chi connectivity index (χ0v) is 18.0. The Bertz CT molecular complexity index is 1200. The fourth-order valence-corrected chi connectivity index (χ4v) is 3.39. The van der Waals surface area contributed by atoms with E-state index in [0.717, 1.165) is 29.2 Å². The molecule has 0 aliphatic carbocycles. The lowest BCUT2D eigenvalue weighted by atomic mass is 10.0. The van der Waals surface area contributed by atoms with Crippen LogP contribution in [0.5, 0.6) is 0 Å². The fourth-order valence-electron chi connectivity index (χ4n) is 3.39.